The Kier molecular flexibility index (Phi) is 10.2. The molecule has 0 bridgehead atoms. The maximum atomic E-state index is 5.86. The second kappa shape index (κ2) is 10.7. The molecule has 1 rings (SSSR count). The molecule has 0 aliphatic heterocycles. The molecule has 0 unspecified atom stereocenters. The van der Waals surface area contributed by atoms with Crippen molar-refractivity contribution in [1.82, 2.24) is 15.1 Å². The van der Waals surface area contributed by atoms with Crippen molar-refractivity contribution in [2.75, 3.05) is 13.7 Å². The summed E-state index contributed by atoms with van der Waals surface area (Å²) < 4.78 is 7.04. The van der Waals surface area contributed by atoms with Crippen LogP contribution in [0.3, 0.4) is 0 Å². The zero-order chi connectivity index (χ0) is 15.0. The molecular weight excluding hydrogens is 381 g/mol. The van der Waals surface area contributed by atoms with Crippen molar-refractivity contribution < 1.29 is 4.74 Å². The van der Waals surface area contributed by atoms with Crippen LogP contribution < -0.4 is 15.8 Å². The van der Waals surface area contributed by atoms with Gasteiger partial charge in [-0.05, 0) is 13.3 Å². The van der Waals surface area contributed by atoms with Crippen LogP contribution in [0, 0.1) is 6.92 Å². The fourth-order valence-corrected chi connectivity index (χ4v) is 2.11. The molecule has 1 aromatic rings. The van der Waals surface area contributed by atoms with Crippen molar-refractivity contribution in [3.63, 3.8) is 0 Å². The van der Waals surface area contributed by atoms with E-state index in [0.717, 1.165) is 30.1 Å². The molecule has 21 heavy (non-hydrogen) atoms. The standard InChI is InChI=1S/C14H27N5O.HI/c1-5-6-7-8-9-16-14(15)17-10-12-11(2)18-19(3)13(12)20-4;/h5-10H2,1-4H3,(H3,15,16,17);1H. The molecule has 3 N–H and O–H groups in total. The number of hydrogen-bond donors (Lipinski definition) is 2. The van der Waals surface area contributed by atoms with Gasteiger partial charge in [-0.1, -0.05) is 26.2 Å². The van der Waals surface area contributed by atoms with E-state index >= 15 is 0 Å². The molecule has 122 valence electrons. The summed E-state index contributed by atoms with van der Waals surface area (Å²) in [5.41, 5.74) is 7.75. The highest BCUT2D eigenvalue weighted by atomic mass is 127. The minimum Gasteiger partial charge on any atom is -0.481 e. The summed E-state index contributed by atoms with van der Waals surface area (Å²) in [6, 6.07) is 0. The lowest BCUT2D eigenvalue weighted by molar-refractivity contribution is 0.369. The van der Waals surface area contributed by atoms with Gasteiger partial charge in [0.05, 0.1) is 24.9 Å². The Morgan fingerprint density at radius 1 is 1.38 bits per heavy atom. The van der Waals surface area contributed by atoms with Crippen LogP contribution in [0.25, 0.3) is 0 Å². The van der Waals surface area contributed by atoms with E-state index < -0.39 is 0 Å². The predicted octanol–water partition coefficient (Wildman–Crippen LogP) is 2.34. The first-order valence-corrected chi connectivity index (χ1v) is 7.20. The molecule has 0 saturated carbocycles. The highest BCUT2D eigenvalue weighted by Crippen LogP contribution is 2.21. The lowest BCUT2D eigenvalue weighted by atomic mass is 10.2. The van der Waals surface area contributed by atoms with Gasteiger partial charge >= 0.3 is 0 Å². The van der Waals surface area contributed by atoms with Crippen molar-refractivity contribution >= 4 is 29.9 Å². The van der Waals surface area contributed by atoms with Gasteiger partial charge in [0.2, 0.25) is 5.88 Å². The Balaban J connectivity index is 0.00000400. The van der Waals surface area contributed by atoms with Gasteiger partial charge in [-0.15, -0.1) is 24.0 Å². The van der Waals surface area contributed by atoms with Crippen LogP contribution in [-0.2, 0) is 13.6 Å². The Bertz CT molecular complexity index is 445. The van der Waals surface area contributed by atoms with Crippen LogP contribution in [0.1, 0.15) is 43.9 Å². The van der Waals surface area contributed by atoms with Gasteiger partial charge in [-0.2, -0.15) is 5.10 Å². The van der Waals surface area contributed by atoms with Crippen LogP contribution >= 0.6 is 24.0 Å². The Morgan fingerprint density at radius 3 is 2.71 bits per heavy atom. The van der Waals surface area contributed by atoms with Crippen LogP contribution in [0.2, 0.25) is 0 Å². The van der Waals surface area contributed by atoms with Crippen LogP contribution in [0.4, 0.5) is 0 Å². The summed E-state index contributed by atoms with van der Waals surface area (Å²) in [6.45, 7) is 5.50. The number of aryl methyl sites for hydroxylation is 2. The number of unbranched alkanes of at least 4 members (excludes halogenated alkanes) is 3. The monoisotopic (exact) mass is 409 g/mol. The van der Waals surface area contributed by atoms with Crippen molar-refractivity contribution in [3.8, 4) is 5.88 Å². The molecule has 0 radical (unpaired) electrons. The van der Waals surface area contributed by atoms with E-state index in [1.165, 1.54) is 19.3 Å². The molecule has 0 aliphatic carbocycles. The van der Waals surface area contributed by atoms with Gasteiger partial charge in [0.25, 0.3) is 0 Å². The van der Waals surface area contributed by atoms with E-state index in [0.29, 0.717) is 12.5 Å². The van der Waals surface area contributed by atoms with E-state index in [-0.39, 0.29) is 24.0 Å². The lowest BCUT2D eigenvalue weighted by Gasteiger charge is -2.06. The maximum Gasteiger partial charge on any atom is 0.216 e. The molecule has 7 heteroatoms. The average Bonchev–Trinajstić information content (AvgIpc) is 2.69. The number of ether oxygens (including phenoxy) is 1. The minimum atomic E-state index is 0. The third-order valence-corrected chi connectivity index (χ3v) is 3.23. The van der Waals surface area contributed by atoms with Crippen molar-refractivity contribution in [3.05, 3.63) is 11.3 Å². The largest absolute Gasteiger partial charge is 0.481 e. The highest BCUT2D eigenvalue weighted by molar-refractivity contribution is 14.0. The molecule has 0 aliphatic rings. The lowest BCUT2D eigenvalue weighted by Crippen LogP contribution is -2.32. The third-order valence-electron chi connectivity index (χ3n) is 3.23. The Hall–Kier alpha value is -0.990. The number of aliphatic imine (C=N–C) groups is 1. The number of nitrogens with two attached hydrogens (primary N) is 1. The average molecular weight is 409 g/mol. The molecule has 0 spiro atoms. The molecule has 6 nitrogen and oxygen atoms in total. The van der Waals surface area contributed by atoms with Gasteiger partial charge < -0.3 is 15.8 Å². The number of methoxy groups -OCH3 is 1. The van der Waals surface area contributed by atoms with Gasteiger partial charge in [-0.25, -0.2) is 9.67 Å². The van der Waals surface area contributed by atoms with Gasteiger partial charge in [-0.3, -0.25) is 0 Å². The second-order valence-corrected chi connectivity index (χ2v) is 4.89. The zero-order valence-corrected chi connectivity index (χ0v) is 15.8. The highest BCUT2D eigenvalue weighted by Gasteiger charge is 2.12. The first-order chi connectivity index (χ1) is 9.60. The molecule has 0 amide bonds. The fraction of sp³-hybridized carbons (Fsp3) is 0.714. The topological polar surface area (TPSA) is 77.5 Å². The summed E-state index contributed by atoms with van der Waals surface area (Å²) in [6.07, 6.45) is 4.86. The molecule has 0 fully saturated rings. The third kappa shape index (κ3) is 6.54. The summed E-state index contributed by atoms with van der Waals surface area (Å²) in [4.78, 5) is 4.34. The van der Waals surface area contributed by atoms with Gasteiger partial charge in [0.1, 0.15) is 0 Å². The molecule has 0 saturated heterocycles. The van der Waals surface area contributed by atoms with E-state index in [4.69, 9.17) is 10.5 Å². The van der Waals surface area contributed by atoms with Crippen LogP contribution in [0.15, 0.2) is 4.99 Å². The Labute approximate surface area is 144 Å². The number of nitrogens with one attached hydrogen (secondary N) is 1. The van der Waals surface area contributed by atoms with Gasteiger partial charge in [0, 0.05) is 13.6 Å². The van der Waals surface area contributed by atoms with E-state index in [9.17, 15) is 0 Å². The molecule has 1 aromatic heterocycles. The minimum absolute atomic E-state index is 0. The molecular formula is C14H28IN5O. The van der Waals surface area contributed by atoms with Crippen LogP contribution in [0.5, 0.6) is 5.88 Å². The van der Waals surface area contributed by atoms with Gasteiger partial charge in [0.15, 0.2) is 5.96 Å². The SMILES string of the molecule is CCCCCCNC(N)=NCc1c(C)nn(C)c1OC.I. The number of guanidine groups is 1. The molecule has 1 heterocycles. The number of rotatable bonds is 8. The summed E-state index contributed by atoms with van der Waals surface area (Å²) in [7, 11) is 3.49. The van der Waals surface area contributed by atoms with E-state index in [2.05, 4.69) is 22.3 Å². The number of hydrogen-bond acceptors (Lipinski definition) is 3. The number of nitrogens with zero attached hydrogens (tertiary/aromatic N) is 3. The molecule has 0 atom stereocenters. The van der Waals surface area contributed by atoms with Crippen LogP contribution in [-0.4, -0.2) is 29.4 Å². The first-order valence-electron chi connectivity index (χ1n) is 7.20. The zero-order valence-electron chi connectivity index (χ0n) is 13.5. The normalized spacial score (nSPS) is 11.1. The quantitative estimate of drug-likeness (QED) is 0.299. The van der Waals surface area contributed by atoms with E-state index in [1.807, 2.05) is 14.0 Å². The predicted molar refractivity (Wildman–Crippen MR) is 97.4 cm³/mol. The smallest absolute Gasteiger partial charge is 0.216 e. The summed E-state index contributed by atoms with van der Waals surface area (Å²) >= 11 is 0. The second-order valence-electron chi connectivity index (χ2n) is 4.89. The first kappa shape index (κ1) is 20.0. The van der Waals surface area contributed by atoms with Crippen molar-refractivity contribution in [2.45, 2.75) is 46.1 Å². The maximum absolute atomic E-state index is 5.86. The number of aromatic nitrogens is 2. The molecule has 0 aromatic carbocycles. The number of halogens is 1. The summed E-state index contributed by atoms with van der Waals surface area (Å²) in [5.74, 6) is 1.22. The summed E-state index contributed by atoms with van der Waals surface area (Å²) in [5, 5.41) is 7.45. The van der Waals surface area contributed by atoms with Crippen molar-refractivity contribution in [1.29, 1.82) is 0 Å². The van der Waals surface area contributed by atoms with E-state index in [1.54, 1.807) is 11.8 Å². The fourth-order valence-electron chi connectivity index (χ4n) is 2.11. The Morgan fingerprint density at radius 2 is 2.10 bits per heavy atom. The van der Waals surface area contributed by atoms with Crippen molar-refractivity contribution in [2.24, 2.45) is 17.8 Å².